The molecule has 86 valence electrons. The standard InChI is InChI=1S/C9H17N.2C2H6/c1-6-7(2)10-8(3)9(6,4)5;2*1-2/h8,10H,1-5H3;2*1-2H3. The van der Waals surface area contributed by atoms with Crippen LogP contribution in [0.2, 0.25) is 0 Å². The Labute approximate surface area is 91.0 Å². The highest BCUT2D eigenvalue weighted by Crippen LogP contribution is 2.36. The third-order valence-electron chi connectivity index (χ3n) is 3.04. The van der Waals surface area contributed by atoms with Crippen molar-refractivity contribution in [3.8, 4) is 0 Å². The second-order valence-corrected chi connectivity index (χ2v) is 3.84. The van der Waals surface area contributed by atoms with E-state index in [0.717, 1.165) is 0 Å². The lowest BCUT2D eigenvalue weighted by Crippen LogP contribution is -2.31. The first-order chi connectivity index (χ1) is 6.46. The highest BCUT2D eigenvalue weighted by atomic mass is 15.0. The van der Waals surface area contributed by atoms with Crippen molar-refractivity contribution in [2.24, 2.45) is 5.41 Å². The minimum Gasteiger partial charge on any atom is -0.385 e. The summed E-state index contributed by atoms with van der Waals surface area (Å²) in [4.78, 5) is 0. The van der Waals surface area contributed by atoms with Gasteiger partial charge in [-0.25, -0.2) is 0 Å². The maximum atomic E-state index is 3.44. The van der Waals surface area contributed by atoms with Gasteiger partial charge in [0.15, 0.2) is 0 Å². The van der Waals surface area contributed by atoms with E-state index in [4.69, 9.17) is 0 Å². The highest BCUT2D eigenvalue weighted by Gasteiger charge is 2.33. The predicted molar refractivity (Wildman–Crippen MR) is 67.4 cm³/mol. The van der Waals surface area contributed by atoms with E-state index in [-0.39, 0.29) is 0 Å². The van der Waals surface area contributed by atoms with E-state index in [1.54, 1.807) is 0 Å². The molecule has 0 amide bonds. The summed E-state index contributed by atoms with van der Waals surface area (Å²) in [5.41, 5.74) is 3.21. The molecule has 0 aromatic heterocycles. The average Bonchev–Trinajstić information content (AvgIpc) is 2.37. The first-order valence-electron chi connectivity index (χ1n) is 5.90. The molecule has 1 heterocycles. The fourth-order valence-corrected chi connectivity index (χ4v) is 1.42. The zero-order chi connectivity index (χ0) is 11.9. The van der Waals surface area contributed by atoms with Crippen LogP contribution in [0.3, 0.4) is 0 Å². The summed E-state index contributed by atoms with van der Waals surface area (Å²) in [5, 5.41) is 3.44. The van der Waals surface area contributed by atoms with Gasteiger partial charge in [0.1, 0.15) is 0 Å². The van der Waals surface area contributed by atoms with Crippen molar-refractivity contribution in [1.82, 2.24) is 5.32 Å². The Hall–Kier alpha value is -0.460. The van der Waals surface area contributed by atoms with Gasteiger partial charge in [-0.3, -0.25) is 0 Å². The van der Waals surface area contributed by atoms with E-state index in [1.807, 2.05) is 27.7 Å². The number of rotatable bonds is 0. The molecule has 0 aromatic carbocycles. The van der Waals surface area contributed by atoms with Crippen LogP contribution in [0.1, 0.15) is 62.3 Å². The van der Waals surface area contributed by atoms with E-state index in [1.165, 1.54) is 11.3 Å². The Balaban J connectivity index is 0. The molecule has 0 saturated carbocycles. The molecule has 1 rings (SSSR count). The van der Waals surface area contributed by atoms with E-state index in [0.29, 0.717) is 11.5 Å². The largest absolute Gasteiger partial charge is 0.385 e. The van der Waals surface area contributed by atoms with Crippen molar-refractivity contribution in [2.45, 2.75) is 68.4 Å². The van der Waals surface area contributed by atoms with Gasteiger partial charge in [-0.2, -0.15) is 0 Å². The van der Waals surface area contributed by atoms with Gasteiger partial charge in [0.25, 0.3) is 0 Å². The molecule has 1 nitrogen and oxygen atoms in total. The molecule has 1 heteroatoms. The Morgan fingerprint density at radius 3 is 1.43 bits per heavy atom. The Bertz CT molecular complexity index is 178. The SMILES string of the molecule is CC.CC.CC1=C(C)C(C)(C)C(C)N1. The summed E-state index contributed by atoms with van der Waals surface area (Å²) in [6.45, 7) is 19.2. The Kier molecular flexibility index (Phi) is 7.90. The molecule has 1 aliphatic rings. The Morgan fingerprint density at radius 2 is 1.36 bits per heavy atom. The van der Waals surface area contributed by atoms with Gasteiger partial charge in [0.2, 0.25) is 0 Å². The van der Waals surface area contributed by atoms with Crippen molar-refractivity contribution in [2.75, 3.05) is 0 Å². The van der Waals surface area contributed by atoms with E-state index in [9.17, 15) is 0 Å². The predicted octanol–water partition coefficient (Wildman–Crippen LogP) is 4.35. The summed E-state index contributed by atoms with van der Waals surface area (Å²) in [7, 11) is 0. The van der Waals surface area contributed by atoms with Crippen LogP contribution in [-0.4, -0.2) is 6.04 Å². The van der Waals surface area contributed by atoms with Crippen LogP contribution in [0, 0.1) is 5.41 Å². The fourth-order valence-electron chi connectivity index (χ4n) is 1.42. The topological polar surface area (TPSA) is 12.0 Å². The lowest BCUT2D eigenvalue weighted by atomic mass is 9.81. The van der Waals surface area contributed by atoms with Gasteiger partial charge in [0, 0.05) is 17.2 Å². The molecule has 0 spiro atoms. The van der Waals surface area contributed by atoms with Crippen molar-refractivity contribution < 1.29 is 0 Å². The molecule has 14 heavy (non-hydrogen) atoms. The van der Waals surface area contributed by atoms with Crippen molar-refractivity contribution in [3.05, 3.63) is 11.3 Å². The number of hydrogen-bond donors (Lipinski definition) is 1. The molecule has 1 atom stereocenters. The number of hydrogen-bond acceptors (Lipinski definition) is 1. The summed E-state index contributed by atoms with van der Waals surface area (Å²) in [5.74, 6) is 0. The molecule has 1 N–H and O–H groups in total. The smallest absolute Gasteiger partial charge is 0.0318 e. The van der Waals surface area contributed by atoms with Crippen molar-refractivity contribution >= 4 is 0 Å². The third kappa shape index (κ3) is 3.36. The van der Waals surface area contributed by atoms with Gasteiger partial charge in [-0.1, -0.05) is 41.5 Å². The second-order valence-electron chi connectivity index (χ2n) is 3.84. The molecule has 1 aliphatic heterocycles. The van der Waals surface area contributed by atoms with Gasteiger partial charge in [0.05, 0.1) is 0 Å². The maximum Gasteiger partial charge on any atom is 0.0318 e. The lowest BCUT2D eigenvalue weighted by Gasteiger charge is -2.25. The first-order valence-corrected chi connectivity index (χ1v) is 5.90. The van der Waals surface area contributed by atoms with E-state index >= 15 is 0 Å². The minimum atomic E-state index is 0.351. The molecule has 1 unspecified atom stereocenters. The van der Waals surface area contributed by atoms with Gasteiger partial charge >= 0.3 is 0 Å². The van der Waals surface area contributed by atoms with Crippen LogP contribution in [-0.2, 0) is 0 Å². The maximum absolute atomic E-state index is 3.44. The molecular weight excluding hydrogens is 170 g/mol. The molecule has 0 radical (unpaired) electrons. The van der Waals surface area contributed by atoms with Gasteiger partial charge in [-0.15, -0.1) is 0 Å². The highest BCUT2D eigenvalue weighted by molar-refractivity contribution is 5.25. The summed E-state index contributed by atoms with van der Waals surface area (Å²) < 4.78 is 0. The fraction of sp³-hybridized carbons (Fsp3) is 0.846. The lowest BCUT2D eigenvalue weighted by molar-refractivity contribution is 0.367. The minimum absolute atomic E-state index is 0.351. The summed E-state index contributed by atoms with van der Waals surface area (Å²) >= 11 is 0. The molecule has 0 saturated heterocycles. The molecule has 0 aliphatic carbocycles. The summed E-state index contributed by atoms with van der Waals surface area (Å²) in [6, 6.07) is 0.590. The molecule has 0 aromatic rings. The zero-order valence-electron chi connectivity index (χ0n) is 11.6. The van der Waals surface area contributed by atoms with Crippen LogP contribution in [0.15, 0.2) is 11.3 Å². The molecule has 0 bridgehead atoms. The van der Waals surface area contributed by atoms with Crippen molar-refractivity contribution in [1.29, 1.82) is 0 Å². The summed E-state index contributed by atoms with van der Waals surface area (Å²) in [6.07, 6.45) is 0. The normalized spacial score (nSPS) is 22.8. The van der Waals surface area contributed by atoms with Crippen molar-refractivity contribution in [3.63, 3.8) is 0 Å². The first kappa shape index (κ1) is 16.0. The van der Waals surface area contributed by atoms with Gasteiger partial charge in [-0.05, 0) is 26.3 Å². The average molecular weight is 199 g/mol. The van der Waals surface area contributed by atoms with Crippen LogP contribution in [0.25, 0.3) is 0 Å². The van der Waals surface area contributed by atoms with Crippen LogP contribution in [0.4, 0.5) is 0 Å². The molecule has 0 fully saturated rings. The monoisotopic (exact) mass is 199 g/mol. The zero-order valence-corrected chi connectivity index (χ0v) is 11.6. The van der Waals surface area contributed by atoms with Crippen LogP contribution >= 0.6 is 0 Å². The number of nitrogens with one attached hydrogen (secondary N) is 1. The number of allylic oxidation sites excluding steroid dienone is 1. The van der Waals surface area contributed by atoms with E-state index < -0.39 is 0 Å². The quantitative estimate of drug-likeness (QED) is 0.611. The van der Waals surface area contributed by atoms with Crippen LogP contribution in [0.5, 0.6) is 0 Å². The van der Waals surface area contributed by atoms with E-state index in [2.05, 4.69) is 39.9 Å². The molecular formula is C13H29N. The second kappa shape index (κ2) is 6.92. The van der Waals surface area contributed by atoms with Crippen LogP contribution < -0.4 is 5.32 Å². The third-order valence-corrected chi connectivity index (χ3v) is 3.04. The Morgan fingerprint density at radius 1 is 1.00 bits per heavy atom. The van der Waals surface area contributed by atoms with Gasteiger partial charge < -0.3 is 5.32 Å².